The van der Waals surface area contributed by atoms with E-state index in [0.29, 0.717) is 18.8 Å². The molecule has 0 radical (unpaired) electrons. The topological polar surface area (TPSA) is 58.3 Å². The summed E-state index contributed by atoms with van der Waals surface area (Å²) in [5.74, 6) is 0.827. The van der Waals surface area contributed by atoms with Gasteiger partial charge in [0.2, 0.25) is 5.71 Å². The third-order valence-electron chi connectivity index (χ3n) is 4.72. The zero-order chi connectivity index (χ0) is 18.6. The number of rotatable bonds is 6. The quantitative estimate of drug-likeness (QED) is 0.496. The molecule has 4 nitrogen and oxygen atoms in total. The third-order valence-corrected chi connectivity index (χ3v) is 4.72. The van der Waals surface area contributed by atoms with Gasteiger partial charge >= 0.3 is 0 Å². The second kappa shape index (κ2) is 7.74. The number of hydrogen-bond donors (Lipinski definition) is 2. The number of benzene rings is 2. The van der Waals surface area contributed by atoms with E-state index in [1.165, 1.54) is 16.7 Å². The zero-order valence-electron chi connectivity index (χ0n) is 15.3. The Morgan fingerprint density at radius 2 is 1.78 bits per heavy atom. The molecule has 0 aliphatic carbocycles. The van der Waals surface area contributed by atoms with E-state index in [1.807, 2.05) is 24.3 Å². The van der Waals surface area contributed by atoms with Crippen molar-refractivity contribution in [2.45, 2.75) is 13.5 Å². The smallest absolute Gasteiger partial charge is 0.226 e. The molecule has 0 aliphatic heterocycles. The van der Waals surface area contributed by atoms with E-state index in [0.717, 1.165) is 22.4 Å². The molecule has 2 aromatic carbocycles. The van der Waals surface area contributed by atoms with Crippen LogP contribution in [0.4, 0.5) is 0 Å². The van der Waals surface area contributed by atoms with Crippen molar-refractivity contribution in [2.75, 3.05) is 13.2 Å². The summed E-state index contributed by atoms with van der Waals surface area (Å²) in [6.45, 7) is 3.40. The van der Waals surface area contributed by atoms with Crippen LogP contribution in [0.2, 0.25) is 0 Å². The van der Waals surface area contributed by atoms with Gasteiger partial charge in [0.25, 0.3) is 0 Å². The summed E-state index contributed by atoms with van der Waals surface area (Å²) in [5.41, 5.74) is 6.20. The molecule has 0 bridgehead atoms. The Morgan fingerprint density at radius 1 is 0.963 bits per heavy atom. The zero-order valence-corrected chi connectivity index (χ0v) is 15.3. The van der Waals surface area contributed by atoms with E-state index >= 15 is 0 Å². The van der Waals surface area contributed by atoms with E-state index in [2.05, 4.69) is 59.7 Å². The van der Waals surface area contributed by atoms with E-state index in [4.69, 9.17) is 9.52 Å². The first-order chi connectivity index (χ1) is 13.3. The van der Waals surface area contributed by atoms with E-state index in [-0.39, 0.29) is 6.61 Å². The fourth-order valence-electron chi connectivity index (χ4n) is 3.32. The highest BCUT2D eigenvalue weighted by Crippen LogP contribution is 2.34. The first kappa shape index (κ1) is 17.5. The number of furan rings is 1. The predicted octanol–water partition coefficient (Wildman–Crippen LogP) is 4.55. The van der Waals surface area contributed by atoms with Gasteiger partial charge in [0.15, 0.2) is 0 Å². The Morgan fingerprint density at radius 3 is 2.59 bits per heavy atom. The molecule has 4 heteroatoms. The van der Waals surface area contributed by atoms with Crippen LogP contribution < -0.4 is 5.32 Å². The van der Waals surface area contributed by atoms with Gasteiger partial charge in [-0.25, -0.2) is 4.98 Å². The molecular formula is C23H22N2O2. The summed E-state index contributed by atoms with van der Waals surface area (Å²) in [6.07, 6.45) is 0. The SMILES string of the molecule is Cc1c(-c2ccccc2)cccc1-c1cc2ccc(CNCCO)nc2o1. The maximum absolute atomic E-state index is 8.87. The van der Waals surface area contributed by atoms with Gasteiger partial charge in [0.05, 0.1) is 12.3 Å². The lowest BCUT2D eigenvalue weighted by Gasteiger charge is -2.09. The van der Waals surface area contributed by atoms with Gasteiger partial charge < -0.3 is 14.8 Å². The number of aromatic nitrogens is 1. The molecule has 2 heterocycles. The highest BCUT2D eigenvalue weighted by atomic mass is 16.3. The molecule has 27 heavy (non-hydrogen) atoms. The van der Waals surface area contributed by atoms with Crippen LogP contribution in [0.15, 0.2) is 71.1 Å². The second-order valence-electron chi connectivity index (χ2n) is 6.55. The third kappa shape index (κ3) is 3.63. The highest BCUT2D eigenvalue weighted by Gasteiger charge is 2.13. The minimum absolute atomic E-state index is 0.115. The van der Waals surface area contributed by atoms with Crippen molar-refractivity contribution >= 4 is 11.1 Å². The Bertz CT molecular complexity index is 1050. The second-order valence-corrected chi connectivity index (χ2v) is 6.55. The van der Waals surface area contributed by atoms with Crippen molar-refractivity contribution in [3.8, 4) is 22.5 Å². The average molecular weight is 358 g/mol. The number of pyridine rings is 1. The monoisotopic (exact) mass is 358 g/mol. The van der Waals surface area contributed by atoms with Crippen LogP contribution in [-0.2, 0) is 6.54 Å². The summed E-state index contributed by atoms with van der Waals surface area (Å²) in [6, 6.07) is 22.7. The van der Waals surface area contributed by atoms with Crippen LogP contribution >= 0.6 is 0 Å². The minimum atomic E-state index is 0.115. The lowest BCUT2D eigenvalue weighted by atomic mass is 9.95. The van der Waals surface area contributed by atoms with Crippen LogP contribution in [0, 0.1) is 6.92 Å². The number of nitrogens with zero attached hydrogens (tertiary/aromatic N) is 1. The molecule has 0 saturated carbocycles. The lowest BCUT2D eigenvalue weighted by Crippen LogP contribution is -2.18. The number of nitrogens with one attached hydrogen (secondary N) is 1. The van der Waals surface area contributed by atoms with Gasteiger partial charge in [-0.05, 0) is 41.8 Å². The van der Waals surface area contributed by atoms with Gasteiger partial charge in [-0.3, -0.25) is 0 Å². The largest absolute Gasteiger partial charge is 0.438 e. The fraction of sp³-hybridized carbons (Fsp3) is 0.174. The van der Waals surface area contributed by atoms with E-state index < -0.39 is 0 Å². The molecule has 0 spiro atoms. The molecule has 136 valence electrons. The summed E-state index contributed by atoms with van der Waals surface area (Å²) < 4.78 is 6.08. The maximum Gasteiger partial charge on any atom is 0.226 e. The standard InChI is InChI=1S/C23H22N2O2/c1-16-20(17-6-3-2-4-7-17)8-5-9-21(16)22-14-18-10-11-19(15-24-12-13-26)25-23(18)27-22/h2-11,14,24,26H,12-13,15H2,1H3. The Hall–Kier alpha value is -2.95. The average Bonchev–Trinajstić information content (AvgIpc) is 3.12. The van der Waals surface area contributed by atoms with Crippen molar-refractivity contribution in [3.05, 3.63) is 78.0 Å². The Balaban J connectivity index is 1.70. The molecule has 0 fully saturated rings. The van der Waals surface area contributed by atoms with Crippen LogP contribution in [-0.4, -0.2) is 23.2 Å². The molecule has 4 aromatic rings. The number of aliphatic hydroxyl groups is 1. The molecule has 0 saturated heterocycles. The van der Waals surface area contributed by atoms with Gasteiger partial charge in [-0.1, -0.05) is 48.5 Å². The molecule has 0 atom stereocenters. The van der Waals surface area contributed by atoms with E-state index in [1.54, 1.807) is 0 Å². The number of fused-ring (bicyclic) bond motifs is 1. The summed E-state index contributed by atoms with van der Waals surface area (Å²) in [4.78, 5) is 4.59. The van der Waals surface area contributed by atoms with Crippen molar-refractivity contribution in [3.63, 3.8) is 0 Å². The van der Waals surface area contributed by atoms with Gasteiger partial charge in [0.1, 0.15) is 5.76 Å². The van der Waals surface area contributed by atoms with Gasteiger partial charge in [-0.15, -0.1) is 0 Å². The van der Waals surface area contributed by atoms with Crippen LogP contribution in [0.3, 0.4) is 0 Å². The molecule has 0 amide bonds. The van der Waals surface area contributed by atoms with Crippen LogP contribution in [0.5, 0.6) is 0 Å². The fourth-order valence-corrected chi connectivity index (χ4v) is 3.32. The van der Waals surface area contributed by atoms with Crippen molar-refractivity contribution < 1.29 is 9.52 Å². The lowest BCUT2D eigenvalue weighted by molar-refractivity contribution is 0.291. The van der Waals surface area contributed by atoms with Crippen LogP contribution in [0.1, 0.15) is 11.3 Å². The highest BCUT2D eigenvalue weighted by molar-refractivity contribution is 5.83. The molecule has 4 rings (SSSR count). The Kier molecular flexibility index (Phi) is 5.01. The normalized spacial score (nSPS) is 11.2. The van der Waals surface area contributed by atoms with Crippen molar-refractivity contribution in [1.29, 1.82) is 0 Å². The van der Waals surface area contributed by atoms with E-state index in [9.17, 15) is 0 Å². The van der Waals surface area contributed by atoms with Crippen LogP contribution in [0.25, 0.3) is 33.6 Å². The number of aliphatic hydroxyl groups excluding tert-OH is 1. The predicted molar refractivity (Wildman–Crippen MR) is 108 cm³/mol. The molecule has 2 N–H and O–H groups in total. The summed E-state index contributed by atoms with van der Waals surface area (Å²) in [5, 5.41) is 13.0. The molecule has 2 aromatic heterocycles. The molecular weight excluding hydrogens is 336 g/mol. The first-order valence-electron chi connectivity index (χ1n) is 9.13. The summed E-state index contributed by atoms with van der Waals surface area (Å²) >= 11 is 0. The summed E-state index contributed by atoms with van der Waals surface area (Å²) in [7, 11) is 0. The molecule has 0 aliphatic rings. The maximum atomic E-state index is 8.87. The van der Waals surface area contributed by atoms with Crippen molar-refractivity contribution in [2.24, 2.45) is 0 Å². The van der Waals surface area contributed by atoms with Crippen molar-refractivity contribution in [1.82, 2.24) is 10.3 Å². The molecule has 0 unspecified atom stereocenters. The van der Waals surface area contributed by atoms with Gasteiger partial charge in [-0.2, -0.15) is 0 Å². The number of hydrogen-bond acceptors (Lipinski definition) is 4. The van der Waals surface area contributed by atoms with Gasteiger partial charge in [0, 0.05) is 24.0 Å². The minimum Gasteiger partial charge on any atom is -0.438 e. The Labute approximate surface area is 158 Å². The first-order valence-corrected chi connectivity index (χ1v) is 9.13.